The minimum absolute atomic E-state index is 0.105. The van der Waals surface area contributed by atoms with Gasteiger partial charge in [0.15, 0.2) is 18.0 Å². The minimum atomic E-state index is -1.84. The van der Waals surface area contributed by atoms with E-state index in [1.807, 2.05) is 54.6 Å². The van der Waals surface area contributed by atoms with E-state index in [-0.39, 0.29) is 6.42 Å². The number of carboxylic acids is 1. The van der Waals surface area contributed by atoms with Crippen LogP contribution in [0.25, 0.3) is 11.1 Å². The molecule has 0 amide bonds. The molecule has 0 saturated carbocycles. The van der Waals surface area contributed by atoms with Crippen molar-refractivity contribution in [1.29, 1.82) is 0 Å². The second kappa shape index (κ2) is 8.38. The monoisotopic (exact) mass is 328 g/mol. The molecule has 2 N–H and O–H groups in total. The highest BCUT2D eigenvalue weighted by molar-refractivity contribution is 5.89. The van der Waals surface area contributed by atoms with E-state index in [1.165, 1.54) is 7.11 Å². The Kier molecular flexibility index (Phi) is 6.23. The van der Waals surface area contributed by atoms with Crippen LogP contribution in [0.4, 0.5) is 0 Å². The number of benzene rings is 2. The molecule has 0 aromatic heterocycles. The van der Waals surface area contributed by atoms with Crippen LogP contribution < -0.4 is 0 Å². The summed E-state index contributed by atoms with van der Waals surface area (Å²) in [6, 6.07) is 17.8. The number of ether oxygens (including phenoxy) is 1. The maximum atomic E-state index is 12.0. The molecule has 0 unspecified atom stereocenters. The van der Waals surface area contributed by atoms with Gasteiger partial charge in [-0.3, -0.25) is 4.79 Å². The van der Waals surface area contributed by atoms with E-state index in [4.69, 9.17) is 9.84 Å². The van der Waals surface area contributed by atoms with Crippen molar-refractivity contribution in [2.75, 3.05) is 7.11 Å². The van der Waals surface area contributed by atoms with Crippen molar-refractivity contribution < 1.29 is 24.5 Å². The Labute approximate surface area is 140 Å². The smallest absolute Gasteiger partial charge is 0.335 e. The van der Waals surface area contributed by atoms with Crippen molar-refractivity contribution >= 4 is 11.8 Å². The van der Waals surface area contributed by atoms with Crippen LogP contribution in [0.5, 0.6) is 0 Å². The molecule has 0 aliphatic carbocycles. The molecule has 0 saturated heterocycles. The summed E-state index contributed by atoms with van der Waals surface area (Å²) in [7, 11) is 1.21. The highest BCUT2D eigenvalue weighted by atomic mass is 16.5. The predicted molar refractivity (Wildman–Crippen MR) is 89.6 cm³/mol. The summed E-state index contributed by atoms with van der Waals surface area (Å²) in [4.78, 5) is 22.8. The van der Waals surface area contributed by atoms with Gasteiger partial charge in [0.2, 0.25) is 0 Å². The van der Waals surface area contributed by atoms with Gasteiger partial charge in [-0.05, 0) is 23.1 Å². The van der Waals surface area contributed by atoms with Crippen LogP contribution in [0, 0.1) is 0 Å². The Balaban J connectivity index is 1.97. The summed E-state index contributed by atoms with van der Waals surface area (Å²) in [6.45, 7) is 0. The van der Waals surface area contributed by atoms with Crippen LogP contribution in [0.2, 0.25) is 0 Å². The molecule has 0 aliphatic rings. The number of rotatable bonds is 8. The zero-order chi connectivity index (χ0) is 17.5. The average molecular weight is 328 g/mol. The normalized spacial score (nSPS) is 13.2. The first-order valence-electron chi connectivity index (χ1n) is 7.63. The van der Waals surface area contributed by atoms with E-state index in [0.29, 0.717) is 6.42 Å². The predicted octanol–water partition coefficient (Wildman–Crippen LogP) is 2.32. The Morgan fingerprint density at radius 3 is 2.12 bits per heavy atom. The highest BCUT2D eigenvalue weighted by Crippen LogP contribution is 2.20. The average Bonchev–Trinajstić information content (AvgIpc) is 2.61. The number of aliphatic hydroxyl groups excluding tert-OH is 1. The molecule has 2 aromatic carbocycles. The number of carbonyl (C=O) groups excluding carboxylic acids is 1. The number of hydrogen-bond donors (Lipinski definition) is 2. The highest BCUT2D eigenvalue weighted by Gasteiger charge is 2.31. The van der Waals surface area contributed by atoms with Gasteiger partial charge in [0.1, 0.15) is 0 Å². The molecule has 0 bridgehead atoms. The lowest BCUT2D eigenvalue weighted by Gasteiger charge is -2.17. The third-order valence-corrected chi connectivity index (χ3v) is 3.83. The van der Waals surface area contributed by atoms with Crippen molar-refractivity contribution in [3.8, 4) is 11.1 Å². The molecule has 24 heavy (non-hydrogen) atoms. The maximum absolute atomic E-state index is 12.0. The molecule has 0 spiro atoms. The summed E-state index contributed by atoms with van der Waals surface area (Å²) < 4.78 is 4.82. The van der Waals surface area contributed by atoms with Gasteiger partial charge in [0.25, 0.3) is 0 Å². The van der Waals surface area contributed by atoms with Crippen LogP contribution in [0.1, 0.15) is 12.0 Å². The van der Waals surface area contributed by atoms with Crippen LogP contribution in [0.3, 0.4) is 0 Å². The summed E-state index contributed by atoms with van der Waals surface area (Å²) >= 11 is 0. The van der Waals surface area contributed by atoms with Gasteiger partial charge in [-0.1, -0.05) is 54.6 Å². The number of methoxy groups -OCH3 is 1. The Morgan fingerprint density at radius 2 is 1.58 bits per heavy atom. The molecule has 5 nitrogen and oxygen atoms in total. The van der Waals surface area contributed by atoms with Crippen molar-refractivity contribution in [3.05, 3.63) is 60.2 Å². The lowest BCUT2D eigenvalue weighted by atomic mass is 9.99. The number of carboxylic acid groups (broad SMARTS) is 1. The van der Waals surface area contributed by atoms with Gasteiger partial charge in [-0.2, -0.15) is 0 Å². The lowest BCUT2D eigenvalue weighted by Crippen LogP contribution is -2.41. The van der Waals surface area contributed by atoms with E-state index in [9.17, 15) is 14.7 Å². The molecule has 5 heteroatoms. The molecule has 0 radical (unpaired) electrons. The number of Topliss-reactive ketones (excluding diaryl/α,β-unsaturated/α-hetero) is 1. The number of carbonyl (C=O) groups is 2. The van der Waals surface area contributed by atoms with Crippen molar-refractivity contribution in [2.45, 2.75) is 25.0 Å². The second-order valence-corrected chi connectivity index (χ2v) is 5.47. The molecule has 2 rings (SSSR count). The van der Waals surface area contributed by atoms with Crippen LogP contribution in [0.15, 0.2) is 54.6 Å². The molecular formula is C19H20O5. The standard InChI is InChI=1S/C19H20O5/c1-24-18(17(21)19(22)23)16(20)12-9-13-7-10-15(11-8-13)14-5-3-2-4-6-14/h2-8,10-11,17-18,21H,9,12H2,1H3,(H,22,23)/t17-,18+/m1/s1. The Hall–Kier alpha value is -2.50. The SMILES string of the molecule is CO[C@@H](C(=O)CCc1ccc(-c2ccccc2)cc1)[C@@H](O)C(=O)O. The zero-order valence-corrected chi connectivity index (χ0v) is 13.4. The first-order chi connectivity index (χ1) is 11.5. The summed E-state index contributed by atoms with van der Waals surface area (Å²) in [5.74, 6) is -1.90. The lowest BCUT2D eigenvalue weighted by molar-refractivity contribution is -0.159. The molecular weight excluding hydrogens is 308 g/mol. The summed E-state index contributed by atoms with van der Waals surface area (Å²) in [5, 5.41) is 18.2. The van der Waals surface area contributed by atoms with Crippen molar-refractivity contribution in [1.82, 2.24) is 0 Å². The number of ketones is 1. The van der Waals surface area contributed by atoms with Gasteiger partial charge in [-0.25, -0.2) is 4.79 Å². The van der Waals surface area contributed by atoms with Gasteiger partial charge in [0, 0.05) is 13.5 Å². The van der Waals surface area contributed by atoms with E-state index in [2.05, 4.69) is 0 Å². The van der Waals surface area contributed by atoms with E-state index >= 15 is 0 Å². The second-order valence-electron chi connectivity index (χ2n) is 5.47. The topological polar surface area (TPSA) is 83.8 Å². The van der Waals surface area contributed by atoms with Gasteiger partial charge >= 0.3 is 5.97 Å². The third-order valence-electron chi connectivity index (χ3n) is 3.83. The summed E-state index contributed by atoms with van der Waals surface area (Å²) in [5.41, 5.74) is 3.16. The number of hydrogen-bond acceptors (Lipinski definition) is 4. The van der Waals surface area contributed by atoms with E-state index < -0.39 is 24.0 Å². The molecule has 0 heterocycles. The molecule has 0 fully saturated rings. The van der Waals surface area contributed by atoms with Crippen LogP contribution in [-0.4, -0.2) is 41.3 Å². The fourth-order valence-corrected chi connectivity index (χ4v) is 2.47. The molecule has 0 aliphatic heterocycles. The number of aliphatic carboxylic acids is 1. The van der Waals surface area contributed by atoms with Crippen molar-refractivity contribution in [2.24, 2.45) is 0 Å². The van der Waals surface area contributed by atoms with Crippen LogP contribution in [-0.2, 0) is 20.7 Å². The van der Waals surface area contributed by atoms with Gasteiger partial charge < -0.3 is 14.9 Å². The molecule has 2 aromatic rings. The maximum Gasteiger partial charge on any atom is 0.335 e. The number of aryl methyl sites for hydroxylation is 1. The summed E-state index contributed by atoms with van der Waals surface area (Å²) in [6.07, 6.45) is -2.62. The zero-order valence-electron chi connectivity index (χ0n) is 13.4. The Bertz CT molecular complexity index is 679. The first-order valence-corrected chi connectivity index (χ1v) is 7.63. The van der Waals surface area contributed by atoms with E-state index in [1.54, 1.807) is 0 Å². The molecule has 126 valence electrons. The third kappa shape index (κ3) is 4.50. The fraction of sp³-hybridized carbons (Fsp3) is 0.263. The fourth-order valence-electron chi connectivity index (χ4n) is 2.47. The van der Waals surface area contributed by atoms with Gasteiger partial charge in [0.05, 0.1) is 0 Å². The number of aliphatic hydroxyl groups is 1. The van der Waals surface area contributed by atoms with Crippen LogP contribution >= 0.6 is 0 Å². The minimum Gasteiger partial charge on any atom is -0.479 e. The quantitative estimate of drug-likeness (QED) is 0.777. The first kappa shape index (κ1) is 17.8. The van der Waals surface area contributed by atoms with E-state index in [0.717, 1.165) is 16.7 Å². The largest absolute Gasteiger partial charge is 0.479 e. The van der Waals surface area contributed by atoms with Gasteiger partial charge in [-0.15, -0.1) is 0 Å². The Morgan fingerprint density at radius 1 is 1.00 bits per heavy atom. The molecule has 2 atom stereocenters. The van der Waals surface area contributed by atoms with Crippen molar-refractivity contribution in [3.63, 3.8) is 0 Å².